The quantitative estimate of drug-likeness (QED) is 0.831. The molecule has 1 heterocycles. The molecule has 0 saturated heterocycles. The van der Waals surface area contributed by atoms with Crippen molar-refractivity contribution in [3.05, 3.63) is 12.1 Å². The van der Waals surface area contributed by atoms with Crippen LogP contribution in [0.1, 0.15) is 33.1 Å². The van der Waals surface area contributed by atoms with E-state index in [1.54, 1.807) is 12.1 Å². The van der Waals surface area contributed by atoms with E-state index in [2.05, 4.69) is 12.2 Å². The van der Waals surface area contributed by atoms with Crippen molar-refractivity contribution in [1.29, 1.82) is 0 Å². The summed E-state index contributed by atoms with van der Waals surface area (Å²) in [5, 5.41) is 2.87. The predicted molar refractivity (Wildman–Crippen MR) is 79.2 cm³/mol. The lowest BCUT2D eigenvalue weighted by molar-refractivity contribution is -0.119. The van der Waals surface area contributed by atoms with Gasteiger partial charge in [-0.1, -0.05) is 20.3 Å². The standard InChI is InChI=1S/C15H22N2O3/c1-3-5-10(2)15(18)17-12-9-14-13(8-11(12)16)19-6-4-7-20-14/h8-10H,3-7,16H2,1-2H3,(H,17,18). The molecule has 0 radical (unpaired) electrons. The van der Waals surface area contributed by atoms with Gasteiger partial charge in [0.15, 0.2) is 11.5 Å². The van der Waals surface area contributed by atoms with Crippen LogP contribution >= 0.6 is 0 Å². The molecule has 5 heteroatoms. The number of rotatable bonds is 4. The number of nitrogens with two attached hydrogens (primary N) is 1. The lowest BCUT2D eigenvalue weighted by Crippen LogP contribution is -2.21. The van der Waals surface area contributed by atoms with Crippen LogP contribution in [-0.4, -0.2) is 19.1 Å². The van der Waals surface area contributed by atoms with Crippen molar-refractivity contribution in [3.8, 4) is 11.5 Å². The van der Waals surface area contributed by atoms with Crippen molar-refractivity contribution < 1.29 is 14.3 Å². The number of nitrogen functional groups attached to an aromatic ring is 1. The number of ether oxygens (including phenoxy) is 2. The maximum absolute atomic E-state index is 12.1. The fraction of sp³-hybridized carbons (Fsp3) is 0.533. The highest BCUT2D eigenvalue weighted by atomic mass is 16.5. The number of nitrogens with one attached hydrogen (secondary N) is 1. The molecular weight excluding hydrogens is 256 g/mol. The van der Waals surface area contributed by atoms with Gasteiger partial charge in [-0.2, -0.15) is 0 Å². The van der Waals surface area contributed by atoms with Crippen LogP contribution in [0.4, 0.5) is 11.4 Å². The van der Waals surface area contributed by atoms with Crippen molar-refractivity contribution in [2.45, 2.75) is 33.1 Å². The molecule has 1 aliphatic heterocycles. The Morgan fingerprint density at radius 1 is 1.35 bits per heavy atom. The molecule has 110 valence electrons. The smallest absolute Gasteiger partial charge is 0.227 e. The maximum Gasteiger partial charge on any atom is 0.227 e. The minimum absolute atomic E-state index is 0.0203. The van der Waals surface area contributed by atoms with E-state index in [0.29, 0.717) is 36.1 Å². The van der Waals surface area contributed by atoms with Gasteiger partial charge in [-0.25, -0.2) is 0 Å². The zero-order valence-electron chi connectivity index (χ0n) is 12.1. The summed E-state index contributed by atoms with van der Waals surface area (Å²) >= 11 is 0. The van der Waals surface area contributed by atoms with E-state index in [1.807, 2.05) is 6.92 Å². The zero-order chi connectivity index (χ0) is 14.5. The molecule has 1 aliphatic rings. The largest absolute Gasteiger partial charge is 0.489 e. The summed E-state index contributed by atoms with van der Waals surface area (Å²) in [5.41, 5.74) is 7.05. The van der Waals surface area contributed by atoms with Crippen molar-refractivity contribution in [3.63, 3.8) is 0 Å². The average Bonchev–Trinajstić information content (AvgIpc) is 2.64. The molecule has 0 spiro atoms. The highest BCUT2D eigenvalue weighted by molar-refractivity contribution is 5.95. The second-order valence-electron chi connectivity index (χ2n) is 5.12. The van der Waals surface area contributed by atoms with Crippen molar-refractivity contribution in [2.75, 3.05) is 24.3 Å². The monoisotopic (exact) mass is 278 g/mol. The van der Waals surface area contributed by atoms with Crippen LogP contribution in [0.2, 0.25) is 0 Å². The van der Waals surface area contributed by atoms with Crippen molar-refractivity contribution in [1.82, 2.24) is 0 Å². The normalized spacial score (nSPS) is 15.3. The van der Waals surface area contributed by atoms with Crippen LogP contribution < -0.4 is 20.5 Å². The number of carbonyl (C=O) groups excluding carboxylic acids is 1. The summed E-state index contributed by atoms with van der Waals surface area (Å²) in [6.45, 7) is 5.20. The highest BCUT2D eigenvalue weighted by Gasteiger charge is 2.17. The van der Waals surface area contributed by atoms with Gasteiger partial charge >= 0.3 is 0 Å². The first-order valence-electron chi connectivity index (χ1n) is 7.11. The van der Waals surface area contributed by atoms with E-state index in [9.17, 15) is 4.79 Å². The Labute approximate surface area is 119 Å². The lowest BCUT2D eigenvalue weighted by atomic mass is 10.1. The first-order valence-corrected chi connectivity index (χ1v) is 7.11. The third kappa shape index (κ3) is 3.35. The summed E-state index contributed by atoms with van der Waals surface area (Å²) < 4.78 is 11.2. The third-order valence-electron chi connectivity index (χ3n) is 3.35. The number of hydrogen-bond donors (Lipinski definition) is 2. The van der Waals surface area contributed by atoms with E-state index < -0.39 is 0 Å². The Bertz CT molecular complexity index is 488. The van der Waals surface area contributed by atoms with Crippen molar-refractivity contribution >= 4 is 17.3 Å². The van der Waals surface area contributed by atoms with Gasteiger partial charge in [0.2, 0.25) is 5.91 Å². The number of benzene rings is 1. The van der Waals surface area contributed by atoms with Gasteiger partial charge in [0.05, 0.1) is 24.6 Å². The van der Waals surface area contributed by atoms with E-state index in [4.69, 9.17) is 15.2 Å². The Kier molecular flexibility index (Phi) is 4.71. The third-order valence-corrected chi connectivity index (χ3v) is 3.35. The van der Waals surface area contributed by atoms with Gasteiger partial charge in [-0.3, -0.25) is 4.79 Å². The fourth-order valence-electron chi connectivity index (χ4n) is 2.15. The second-order valence-corrected chi connectivity index (χ2v) is 5.12. The van der Waals surface area contributed by atoms with Gasteiger partial charge < -0.3 is 20.5 Å². The molecule has 0 bridgehead atoms. The van der Waals surface area contributed by atoms with Gasteiger partial charge in [-0.15, -0.1) is 0 Å². The molecule has 0 aliphatic carbocycles. The molecule has 0 saturated carbocycles. The highest BCUT2D eigenvalue weighted by Crippen LogP contribution is 2.36. The Hall–Kier alpha value is -1.91. The Morgan fingerprint density at radius 2 is 2.00 bits per heavy atom. The fourth-order valence-corrected chi connectivity index (χ4v) is 2.15. The molecule has 0 aromatic heterocycles. The molecular formula is C15H22N2O3. The van der Waals surface area contributed by atoms with E-state index >= 15 is 0 Å². The van der Waals surface area contributed by atoms with E-state index in [-0.39, 0.29) is 11.8 Å². The molecule has 1 aromatic rings. The van der Waals surface area contributed by atoms with E-state index in [0.717, 1.165) is 19.3 Å². The molecule has 20 heavy (non-hydrogen) atoms. The SMILES string of the molecule is CCCC(C)C(=O)Nc1cc2c(cc1N)OCCCO2. The zero-order valence-corrected chi connectivity index (χ0v) is 12.1. The lowest BCUT2D eigenvalue weighted by Gasteiger charge is -2.15. The average molecular weight is 278 g/mol. The van der Waals surface area contributed by atoms with Gasteiger partial charge in [-0.05, 0) is 6.42 Å². The van der Waals surface area contributed by atoms with Crippen LogP contribution in [-0.2, 0) is 4.79 Å². The predicted octanol–water partition coefficient (Wildman–Crippen LogP) is 2.80. The van der Waals surface area contributed by atoms with Crippen LogP contribution in [0.15, 0.2) is 12.1 Å². The van der Waals surface area contributed by atoms with Crippen LogP contribution in [0.25, 0.3) is 0 Å². The van der Waals surface area contributed by atoms with Gasteiger partial charge in [0, 0.05) is 24.5 Å². The number of hydrogen-bond acceptors (Lipinski definition) is 4. The summed E-state index contributed by atoms with van der Waals surface area (Å²) in [6.07, 6.45) is 2.67. The number of amides is 1. The molecule has 2 rings (SSSR count). The van der Waals surface area contributed by atoms with Crippen LogP contribution in [0, 0.1) is 5.92 Å². The topological polar surface area (TPSA) is 73.6 Å². The van der Waals surface area contributed by atoms with E-state index in [1.165, 1.54) is 0 Å². The summed E-state index contributed by atoms with van der Waals surface area (Å²) in [6, 6.07) is 3.45. The van der Waals surface area contributed by atoms with Gasteiger partial charge in [0.1, 0.15) is 0 Å². The Balaban J connectivity index is 2.16. The maximum atomic E-state index is 12.1. The van der Waals surface area contributed by atoms with Crippen LogP contribution in [0.3, 0.4) is 0 Å². The first-order chi connectivity index (χ1) is 9.61. The minimum atomic E-state index is -0.0321. The molecule has 1 amide bonds. The molecule has 1 unspecified atom stereocenters. The summed E-state index contributed by atoms with van der Waals surface area (Å²) in [5.74, 6) is 1.22. The number of fused-ring (bicyclic) bond motifs is 1. The molecule has 0 fully saturated rings. The molecule has 3 N–H and O–H groups in total. The second kappa shape index (κ2) is 6.50. The van der Waals surface area contributed by atoms with Crippen LogP contribution in [0.5, 0.6) is 11.5 Å². The summed E-state index contributed by atoms with van der Waals surface area (Å²) in [7, 11) is 0. The van der Waals surface area contributed by atoms with Gasteiger partial charge in [0.25, 0.3) is 0 Å². The number of anilines is 2. The number of carbonyl (C=O) groups is 1. The molecule has 1 atom stereocenters. The Morgan fingerprint density at radius 3 is 2.65 bits per heavy atom. The van der Waals surface area contributed by atoms with Crippen molar-refractivity contribution in [2.24, 2.45) is 5.92 Å². The minimum Gasteiger partial charge on any atom is -0.489 e. The molecule has 1 aromatic carbocycles. The first kappa shape index (κ1) is 14.5. The summed E-state index contributed by atoms with van der Waals surface area (Å²) in [4.78, 5) is 12.1. The molecule has 5 nitrogen and oxygen atoms in total.